The molecule has 2 heterocycles. The Morgan fingerprint density at radius 1 is 0.943 bits per heavy atom. The molecule has 0 saturated carbocycles. The van der Waals surface area contributed by atoms with Gasteiger partial charge in [-0.1, -0.05) is 60.7 Å². The van der Waals surface area contributed by atoms with E-state index in [0.29, 0.717) is 0 Å². The van der Waals surface area contributed by atoms with Crippen molar-refractivity contribution in [2.45, 2.75) is 56.3 Å². The van der Waals surface area contributed by atoms with Crippen molar-refractivity contribution < 1.29 is 37.0 Å². The van der Waals surface area contributed by atoms with E-state index < -0.39 is 56.1 Å². The van der Waals surface area contributed by atoms with Crippen LogP contribution < -0.4 is 0 Å². The molecular formula is C25H27NO8S. The third-order valence-electron chi connectivity index (χ3n) is 6.54. The third-order valence-corrected chi connectivity index (χ3v) is 9.39. The summed E-state index contributed by atoms with van der Waals surface area (Å²) in [5, 5.41) is -1.30. The molecule has 0 N–H and O–H groups in total. The number of carbonyl (C=O) groups is 3. The molecule has 4 rings (SSSR count). The van der Waals surface area contributed by atoms with Crippen molar-refractivity contribution in [2.75, 3.05) is 0 Å². The second-order valence-corrected chi connectivity index (χ2v) is 11.8. The second kappa shape index (κ2) is 9.33. The van der Waals surface area contributed by atoms with E-state index in [9.17, 15) is 22.8 Å². The molecule has 186 valence electrons. The molecule has 0 aromatic heterocycles. The van der Waals surface area contributed by atoms with Crippen LogP contribution in [-0.4, -0.2) is 53.6 Å². The van der Waals surface area contributed by atoms with E-state index in [4.69, 9.17) is 14.2 Å². The number of β-lactam (4-membered cyclic amide) rings is 1. The number of rotatable bonds is 7. The van der Waals surface area contributed by atoms with Gasteiger partial charge in [-0.25, -0.2) is 18.0 Å². The number of benzene rings is 2. The number of ether oxygens (including phenoxy) is 3. The molecule has 35 heavy (non-hydrogen) atoms. The summed E-state index contributed by atoms with van der Waals surface area (Å²) in [6.07, 6.45) is -2.09. The van der Waals surface area contributed by atoms with Gasteiger partial charge < -0.3 is 19.1 Å². The molecule has 2 saturated heterocycles. The highest BCUT2D eigenvalue weighted by Crippen LogP contribution is 2.50. The lowest BCUT2D eigenvalue weighted by Gasteiger charge is -2.44. The molecule has 0 spiro atoms. The molecule has 2 aliphatic rings. The Bertz CT molecular complexity index is 1210. The average molecular weight is 502 g/mol. The van der Waals surface area contributed by atoms with E-state index >= 15 is 0 Å². The largest absolute Gasteiger partial charge is 0.508 e. The van der Waals surface area contributed by atoms with Gasteiger partial charge in [-0.15, -0.1) is 0 Å². The molecule has 10 heteroatoms. The fourth-order valence-electron chi connectivity index (χ4n) is 4.54. The van der Waals surface area contributed by atoms with Crippen LogP contribution in [0.2, 0.25) is 0 Å². The first kappa shape index (κ1) is 24.7. The fourth-order valence-corrected chi connectivity index (χ4v) is 6.93. The smallest absolute Gasteiger partial charge is 0.459 e. The first-order valence-corrected chi connectivity index (χ1v) is 12.7. The Hall–Kier alpha value is -3.40. The predicted molar refractivity (Wildman–Crippen MR) is 124 cm³/mol. The number of nitrogens with zero attached hydrogens (tertiary/aromatic N) is 1. The quantitative estimate of drug-likeness (QED) is 0.420. The molecule has 0 bridgehead atoms. The summed E-state index contributed by atoms with van der Waals surface area (Å²) in [6.45, 7) is 4.17. The highest BCUT2D eigenvalue weighted by Gasteiger charge is 2.73. The van der Waals surface area contributed by atoms with Gasteiger partial charge in [0.25, 0.3) is 0 Å². The zero-order valence-corrected chi connectivity index (χ0v) is 20.4. The Balaban J connectivity index is 1.44. The summed E-state index contributed by atoms with van der Waals surface area (Å²) < 4.78 is 40.8. The van der Waals surface area contributed by atoms with Crippen LogP contribution in [0.4, 0.5) is 4.79 Å². The molecule has 4 atom stereocenters. The summed E-state index contributed by atoms with van der Waals surface area (Å²) in [4.78, 5) is 39.2. The van der Waals surface area contributed by atoms with Gasteiger partial charge in [0.05, 0.1) is 4.75 Å². The molecule has 0 unspecified atom stereocenters. The monoisotopic (exact) mass is 501 g/mol. The van der Waals surface area contributed by atoms with Crippen LogP contribution in [0.15, 0.2) is 60.7 Å². The van der Waals surface area contributed by atoms with E-state index in [1.165, 1.54) is 20.8 Å². The number of fused-ring (bicyclic) bond motifs is 1. The van der Waals surface area contributed by atoms with E-state index in [-0.39, 0.29) is 13.2 Å². The first-order valence-electron chi connectivity index (χ1n) is 11.2. The molecule has 2 fully saturated rings. The minimum absolute atomic E-state index is 0.0266. The maximum atomic E-state index is 13.3. The van der Waals surface area contributed by atoms with Gasteiger partial charge in [-0.3, -0.25) is 4.79 Å². The van der Waals surface area contributed by atoms with Crippen molar-refractivity contribution >= 4 is 27.9 Å². The first-order chi connectivity index (χ1) is 16.6. The number of hydrogen-bond acceptors (Lipinski definition) is 8. The number of carbonyl (C=O) groups excluding carboxylic acids is 3. The van der Waals surface area contributed by atoms with Crippen LogP contribution >= 0.6 is 0 Å². The molecule has 0 radical (unpaired) electrons. The molecule has 9 nitrogen and oxygen atoms in total. The van der Waals surface area contributed by atoms with Crippen LogP contribution in [0.5, 0.6) is 0 Å². The molecule has 0 aliphatic carbocycles. The maximum Gasteiger partial charge on any atom is 0.508 e. The Morgan fingerprint density at radius 3 is 2.00 bits per heavy atom. The number of amides is 1. The van der Waals surface area contributed by atoms with Crippen molar-refractivity contribution in [3.63, 3.8) is 0 Å². The minimum atomic E-state index is -3.99. The minimum Gasteiger partial charge on any atom is -0.459 e. The summed E-state index contributed by atoms with van der Waals surface area (Å²) >= 11 is 0. The number of hydrogen-bond donors (Lipinski definition) is 0. The maximum absolute atomic E-state index is 13.3. The second-order valence-electron chi connectivity index (χ2n) is 9.15. The van der Waals surface area contributed by atoms with Crippen molar-refractivity contribution in [1.82, 2.24) is 4.90 Å². The fraction of sp³-hybridized carbons (Fsp3) is 0.400. The number of sulfone groups is 1. The van der Waals surface area contributed by atoms with Gasteiger partial charge in [-0.2, -0.15) is 0 Å². The van der Waals surface area contributed by atoms with Crippen molar-refractivity contribution in [3.05, 3.63) is 71.8 Å². The van der Waals surface area contributed by atoms with Crippen LogP contribution in [-0.2, 0) is 46.9 Å². The van der Waals surface area contributed by atoms with Crippen LogP contribution in [0.1, 0.15) is 31.9 Å². The summed E-state index contributed by atoms with van der Waals surface area (Å²) in [7, 11) is -3.99. The standard InChI is InChI=1S/C25H27NO8S/c1-16(34-24(29)33-15-18-12-8-5-9-13-18)19-21(27)26-20(25(2,3)35(30,31)22(19)26)23(28)32-14-17-10-6-4-7-11-17/h4-13,16,19-20,22H,14-15H2,1-3H3/t16-,19-,20+,22-/m1/s1. The summed E-state index contributed by atoms with van der Waals surface area (Å²) in [6, 6.07) is 16.6. The zero-order valence-electron chi connectivity index (χ0n) is 19.6. The lowest BCUT2D eigenvalue weighted by molar-refractivity contribution is -0.172. The highest BCUT2D eigenvalue weighted by atomic mass is 32.2. The average Bonchev–Trinajstić information content (AvgIpc) is 2.97. The van der Waals surface area contributed by atoms with Gasteiger partial charge in [0.2, 0.25) is 5.91 Å². The van der Waals surface area contributed by atoms with Gasteiger partial charge in [-0.05, 0) is 31.9 Å². The molecule has 1 amide bonds. The SMILES string of the molecule is C[C@@H](OC(=O)OCc1ccccc1)[C@@H]1C(=O)N2[C@@H](C(=O)OCc3ccccc3)C(C)(C)S(=O)(=O)[C@H]12. The van der Waals surface area contributed by atoms with Crippen LogP contribution in [0.3, 0.4) is 0 Å². The van der Waals surface area contributed by atoms with E-state index in [2.05, 4.69) is 0 Å². The van der Waals surface area contributed by atoms with Gasteiger partial charge in [0, 0.05) is 0 Å². The number of esters is 1. The summed E-state index contributed by atoms with van der Waals surface area (Å²) in [5.41, 5.74) is 1.49. The van der Waals surface area contributed by atoms with Crippen LogP contribution in [0, 0.1) is 5.92 Å². The lowest BCUT2D eigenvalue weighted by Crippen LogP contribution is -2.66. The van der Waals surface area contributed by atoms with E-state index in [1.54, 1.807) is 48.5 Å². The summed E-state index contributed by atoms with van der Waals surface area (Å²) in [5.74, 6) is -2.53. The molecule has 2 aromatic rings. The van der Waals surface area contributed by atoms with Crippen molar-refractivity contribution in [2.24, 2.45) is 5.92 Å². The van der Waals surface area contributed by atoms with Crippen LogP contribution in [0.25, 0.3) is 0 Å². The Kier molecular flexibility index (Phi) is 6.59. The molecule has 2 aliphatic heterocycles. The third kappa shape index (κ3) is 4.38. The van der Waals surface area contributed by atoms with Gasteiger partial charge in [0.15, 0.2) is 15.2 Å². The van der Waals surface area contributed by atoms with Crippen molar-refractivity contribution in [3.8, 4) is 0 Å². The molecule has 2 aromatic carbocycles. The molecular weight excluding hydrogens is 474 g/mol. The highest BCUT2D eigenvalue weighted by molar-refractivity contribution is 7.93. The Morgan fingerprint density at radius 2 is 1.46 bits per heavy atom. The predicted octanol–water partition coefficient (Wildman–Crippen LogP) is 2.83. The van der Waals surface area contributed by atoms with Gasteiger partial charge in [0.1, 0.15) is 31.3 Å². The normalized spacial score (nSPS) is 24.6. The zero-order chi connectivity index (χ0) is 25.4. The van der Waals surface area contributed by atoms with Crippen molar-refractivity contribution in [1.29, 1.82) is 0 Å². The Labute approximate surface area is 203 Å². The van der Waals surface area contributed by atoms with E-state index in [0.717, 1.165) is 16.0 Å². The topological polar surface area (TPSA) is 116 Å². The van der Waals surface area contributed by atoms with Gasteiger partial charge >= 0.3 is 12.1 Å². The lowest BCUT2D eigenvalue weighted by atomic mass is 9.88. The van der Waals surface area contributed by atoms with E-state index in [1.807, 2.05) is 12.1 Å².